The molecule has 1 aliphatic rings. The summed E-state index contributed by atoms with van der Waals surface area (Å²) in [6, 6.07) is 10.3. The number of anilines is 1. The number of unbranched alkanes of at least 4 members (excludes halogenated alkanes) is 1. The number of hydrogen-bond acceptors (Lipinski definition) is 2. The summed E-state index contributed by atoms with van der Waals surface area (Å²) in [5, 5.41) is 3.49. The average molecular weight is 274 g/mol. The second-order valence-electron chi connectivity index (χ2n) is 6.16. The van der Waals surface area contributed by atoms with Crippen LogP contribution in [0.4, 0.5) is 5.69 Å². The molecular weight excluding hydrogens is 244 g/mol. The van der Waals surface area contributed by atoms with E-state index in [-0.39, 0.29) is 0 Å². The van der Waals surface area contributed by atoms with Crippen LogP contribution < -0.4 is 10.2 Å². The van der Waals surface area contributed by atoms with E-state index in [4.69, 9.17) is 0 Å². The first-order valence-electron chi connectivity index (χ1n) is 8.30. The molecule has 0 saturated carbocycles. The molecule has 0 fully saturated rings. The largest absolute Gasteiger partial charge is 0.369 e. The van der Waals surface area contributed by atoms with Crippen molar-refractivity contribution in [3.8, 4) is 0 Å². The van der Waals surface area contributed by atoms with Crippen LogP contribution in [0.5, 0.6) is 0 Å². The lowest BCUT2D eigenvalue weighted by atomic mass is 9.96. The molecule has 0 amide bonds. The maximum absolute atomic E-state index is 3.49. The number of nitrogens with one attached hydrogen (secondary N) is 1. The van der Waals surface area contributed by atoms with Crippen LogP contribution >= 0.6 is 0 Å². The number of hydrogen-bond donors (Lipinski definition) is 1. The van der Waals surface area contributed by atoms with Gasteiger partial charge in [-0.1, -0.05) is 31.5 Å². The van der Waals surface area contributed by atoms with Gasteiger partial charge >= 0.3 is 0 Å². The van der Waals surface area contributed by atoms with Crippen molar-refractivity contribution < 1.29 is 0 Å². The van der Waals surface area contributed by atoms with Crippen molar-refractivity contribution in [1.29, 1.82) is 0 Å². The van der Waals surface area contributed by atoms with Gasteiger partial charge in [-0.2, -0.15) is 0 Å². The maximum atomic E-state index is 3.49. The lowest BCUT2D eigenvalue weighted by Gasteiger charge is -2.37. The maximum Gasteiger partial charge on any atom is 0.0401 e. The summed E-state index contributed by atoms with van der Waals surface area (Å²) < 4.78 is 0. The molecular formula is C18H30N2. The van der Waals surface area contributed by atoms with Crippen LogP contribution in [0.25, 0.3) is 0 Å². The Kier molecular flexibility index (Phi) is 5.90. The molecule has 112 valence electrons. The van der Waals surface area contributed by atoms with E-state index in [9.17, 15) is 0 Å². The zero-order valence-corrected chi connectivity index (χ0v) is 13.4. The zero-order chi connectivity index (χ0) is 14.4. The summed E-state index contributed by atoms with van der Waals surface area (Å²) in [6.07, 6.45) is 6.45. The van der Waals surface area contributed by atoms with Crippen LogP contribution in [-0.2, 0) is 6.42 Å². The van der Waals surface area contributed by atoms with E-state index >= 15 is 0 Å². The zero-order valence-electron chi connectivity index (χ0n) is 13.4. The van der Waals surface area contributed by atoms with E-state index in [1.165, 1.54) is 49.9 Å². The van der Waals surface area contributed by atoms with Crippen molar-refractivity contribution >= 4 is 5.69 Å². The molecule has 1 aliphatic heterocycles. The summed E-state index contributed by atoms with van der Waals surface area (Å²) in [6.45, 7) is 9.14. The summed E-state index contributed by atoms with van der Waals surface area (Å²) >= 11 is 0. The van der Waals surface area contributed by atoms with Gasteiger partial charge in [0.2, 0.25) is 0 Å². The number of aryl methyl sites for hydroxylation is 1. The fourth-order valence-electron chi connectivity index (χ4n) is 3.28. The van der Waals surface area contributed by atoms with E-state index in [0.29, 0.717) is 12.1 Å². The second kappa shape index (κ2) is 7.68. The van der Waals surface area contributed by atoms with Gasteiger partial charge in [0.25, 0.3) is 0 Å². The SMILES string of the molecule is CCNC(C)CCCCN1c2ccccc2CCC1C. The van der Waals surface area contributed by atoms with Crippen LogP contribution in [-0.4, -0.2) is 25.2 Å². The van der Waals surface area contributed by atoms with Crippen molar-refractivity contribution in [1.82, 2.24) is 5.32 Å². The Labute approximate surface area is 124 Å². The molecule has 0 radical (unpaired) electrons. The Hall–Kier alpha value is -1.02. The highest BCUT2D eigenvalue weighted by Crippen LogP contribution is 2.30. The molecule has 0 aliphatic carbocycles. The standard InChI is InChI=1S/C18H30N2/c1-4-19-15(2)9-7-8-14-20-16(3)12-13-17-10-5-6-11-18(17)20/h5-6,10-11,15-16,19H,4,7-9,12-14H2,1-3H3. The quantitative estimate of drug-likeness (QED) is 0.756. The van der Waals surface area contributed by atoms with E-state index in [0.717, 1.165) is 6.54 Å². The van der Waals surface area contributed by atoms with Gasteiger partial charge in [-0.3, -0.25) is 0 Å². The third-order valence-corrected chi connectivity index (χ3v) is 4.50. The molecule has 2 atom stereocenters. The Bertz CT molecular complexity index is 402. The molecule has 1 N–H and O–H groups in total. The van der Waals surface area contributed by atoms with Gasteiger partial charge in [-0.15, -0.1) is 0 Å². The van der Waals surface area contributed by atoms with E-state index in [1.807, 2.05) is 0 Å². The second-order valence-corrected chi connectivity index (χ2v) is 6.16. The first kappa shape index (κ1) is 15.4. The van der Waals surface area contributed by atoms with Crippen LogP contribution in [0.3, 0.4) is 0 Å². The van der Waals surface area contributed by atoms with E-state index in [2.05, 4.69) is 55.3 Å². The highest BCUT2D eigenvalue weighted by molar-refractivity contribution is 5.56. The summed E-state index contributed by atoms with van der Waals surface area (Å²) in [7, 11) is 0. The fraction of sp³-hybridized carbons (Fsp3) is 0.667. The molecule has 2 unspecified atom stereocenters. The van der Waals surface area contributed by atoms with Gasteiger partial charge in [0.15, 0.2) is 0 Å². The molecule has 0 bridgehead atoms. The van der Waals surface area contributed by atoms with Crippen LogP contribution in [0.2, 0.25) is 0 Å². The number of nitrogens with zero attached hydrogens (tertiary/aromatic N) is 1. The minimum Gasteiger partial charge on any atom is -0.369 e. The minimum atomic E-state index is 0.658. The molecule has 1 aromatic carbocycles. The predicted molar refractivity (Wildman–Crippen MR) is 88.6 cm³/mol. The van der Waals surface area contributed by atoms with Crippen molar-refractivity contribution in [2.45, 2.75) is 65.0 Å². The Balaban J connectivity index is 1.83. The first-order chi connectivity index (χ1) is 9.72. The summed E-state index contributed by atoms with van der Waals surface area (Å²) in [5.74, 6) is 0. The number of rotatable bonds is 7. The number of benzene rings is 1. The monoisotopic (exact) mass is 274 g/mol. The molecule has 0 saturated heterocycles. The van der Waals surface area contributed by atoms with Gasteiger partial charge in [-0.25, -0.2) is 0 Å². The van der Waals surface area contributed by atoms with Gasteiger partial charge < -0.3 is 10.2 Å². The summed E-state index contributed by atoms with van der Waals surface area (Å²) in [4.78, 5) is 2.62. The predicted octanol–water partition coefficient (Wildman–Crippen LogP) is 4.00. The molecule has 2 heteroatoms. The van der Waals surface area contributed by atoms with E-state index < -0.39 is 0 Å². The highest BCUT2D eigenvalue weighted by Gasteiger charge is 2.21. The van der Waals surface area contributed by atoms with Gasteiger partial charge in [0.1, 0.15) is 0 Å². The van der Waals surface area contributed by atoms with Crippen molar-refractivity contribution in [3.63, 3.8) is 0 Å². The van der Waals surface area contributed by atoms with Gasteiger partial charge in [-0.05, 0) is 57.7 Å². The van der Waals surface area contributed by atoms with Crippen LogP contribution in [0.1, 0.15) is 52.0 Å². The van der Waals surface area contributed by atoms with Crippen LogP contribution in [0, 0.1) is 0 Å². The van der Waals surface area contributed by atoms with Gasteiger partial charge in [0, 0.05) is 24.3 Å². The summed E-state index contributed by atoms with van der Waals surface area (Å²) in [5.41, 5.74) is 3.01. The molecule has 2 nitrogen and oxygen atoms in total. The van der Waals surface area contributed by atoms with Crippen molar-refractivity contribution in [2.24, 2.45) is 0 Å². The van der Waals surface area contributed by atoms with Crippen LogP contribution in [0.15, 0.2) is 24.3 Å². The normalized spacial score (nSPS) is 19.8. The van der Waals surface area contributed by atoms with E-state index in [1.54, 1.807) is 0 Å². The van der Waals surface area contributed by atoms with Crippen molar-refractivity contribution in [2.75, 3.05) is 18.0 Å². The molecule has 0 aromatic heterocycles. The molecule has 1 heterocycles. The average Bonchev–Trinajstić information content (AvgIpc) is 2.45. The molecule has 1 aromatic rings. The minimum absolute atomic E-state index is 0.658. The lowest BCUT2D eigenvalue weighted by Crippen LogP contribution is -2.38. The molecule has 0 spiro atoms. The first-order valence-corrected chi connectivity index (χ1v) is 8.30. The van der Waals surface area contributed by atoms with Crippen molar-refractivity contribution in [3.05, 3.63) is 29.8 Å². The number of fused-ring (bicyclic) bond motifs is 1. The Morgan fingerprint density at radius 1 is 1.30 bits per heavy atom. The fourth-order valence-corrected chi connectivity index (χ4v) is 3.28. The lowest BCUT2D eigenvalue weighted by molar-refractivity contribution is 0.488. The number of para-hydroxylation sites is 1. The Morgan fingerprint density at radius 3 is 2.90 bits per heavy atom. The molecule has 20 heavy (non-hydrogen) atoms. The third kappa shape index (κ3) is 3.99. The Morgan fingerprint density at radius 2 is 2.10 bits per heavy atom. The topological polar surface area (TPSA) is 15.3 Å². The third-order valence-electron chi connectivity index (χ3n) is 4.50. The molecule has 2 rings (SSSR count). The smallest absolute Gasteiger partial charge is 0.0401 e. The van der Waals surface area contributed by atoms with Gasteiger partial charge in [0.05, 0.1) is 0 Å². The highest BCUT2D eigenvalue weighted by atomic mass is 15.2.